The molecular weight excluding hydrogens is 202 g/mol. The first-order valence-corrected chi connectivity index (χ1v) is 5.71. The van der Waals surface area contributed by atoms with E-state index in [1.54, 1.807) is 13.2 Å². The second-order valence-corrected chi connectivity index (χ2v) is 4.04. The van der Waals surface area contributed by atoms with Crippen molar-refractivity contribution in [1.29, 1.82) is 0 Å². The molecule has 0 fully saturated rings. The zero-order valence-corrected chi connectivity index (χ0v) is 10.2. The summed E-state index contributed by atoms with van der Waals surface area (Å²) in [5, 5.41) is 13.2. The van der Waals surface area contributed by atoms with Crippen molar-refractivity contribution in [2.75, 3.05) is 13.7 Å². The smallest absolute Gasteiger partial charge is 0.120 e. The van der Waals surface area contributed by atoms with Crippen LogP contribution in [0.15, 0.2) is 24.3 Å². The molecule has 0 heterocycles. The van der Waals surface area contributed by atoms with E-state index in [1.165, 1.54) is 0 Å². The number of hydrogen-bond donors (Lipinski definition) is 2. The maximum atomic E-state index is 9.78. The van der Waals surface area contributed by atoms with Crippen molar-refractivity contribution in [3.05, 3.63) is 29.8 Å². The SMILES string of the molecule is CCC(NC(C)COC)c1ccccc1O. The molecular formula is C13H21NO2. The van der Waals surface area contributed by atoms with Crippen LogP contribution in [0.1, 0.15) is 31.9 Å². The molecule has 1 aromatic carbocycles. The average molecular weight is 223 g/mol. The van der Waals surface area contributed by atoms with Crippen LogP contribution >= 0.6 is 0 Å². The Kier molecular flexibility index (Phi) is 5.29. The van der Waals surface area contributed by atoms with E-state index in [4.69, 9.17) is 4.74 Å². The van der Waals surface area contributed by atoms with Crippen molar-refractivity contribution in [3.8, 4) is 5.75 Å². The summed E-state index contributed by atoms with van der Waals surface area (Å²) in [6, 6.07) is 7.90. The first-order valence-electron chi connectivity index (χ1n) is 5.71. The Morgan fingerprint density at radius 2 is 2.06 bits per heavy atom. The lowest BCUT2D eigenvalue weighted by Crippen LogP contribution is -2.33. The van der Waals surface area contributed by atoms with Crippen LogP contribution in [0.3, 0.4) is 0 Å². The Labute approximate surface area is 97.4 Å². The molecule has 90 valence electrons. The molecule has 0 aliphatic rings. The van der Waals surface area contributed by atoms with Gasteiger partial charge in [-0.1, -0.05) is 25.1 Å². The normalized spacial score (nSPS) is 14.7. The molecule has 0 radical (unpaired) electrons. The number of ether oxygens (including phenoxy) is 1. The largest absolute Gasteiger partial charge is 0.508 e. The van der Waals surface area contributed by atoms with Crippen molar-refractivity contribution in [1.82, 2.24) is 5.32 Å². The van der Waals surface area contributed by atoms with Gasteiger partial charge in [0.1, 0.15) is 5.75 Å². The van der Waals surface area contributed by atoms with E-state index < -0.39 is 0 Å². The van der Waals surface area contributed by atoms with Gasteiger partial charge in [0.05, 0.1) is 6.61 Å². The van der Waals surface area contributed by atoms with E-state index in [2.05, 4.69) is 19.2 Å². The number of benzene rings is 1. The Morgan fingerprint density at radius 3 is 2.62 bits per heavy atom. The van der Waals surface area contributed by atoms with E-state index in [9.17, 15) is 5.11 Å². The van der Waals surface area contributed by atoms with Crippen LogP contribution in [0, 0.1) is 0 Å². The van der Waals surface area contributed by atoms with E-state index in [-0.39, 0.29) is 12.1 Å². The first-order chi connectivity index (χ1) is 7.69. The van der Waals surface area contributed by atoms with E-state index in [1.807, 2.05) is 18.2 Å². The van der Waals surface area contributed by atoms with Crippen LogP contribution in [-0.2, 0) is 4.74 Å². The van der Waals surface area contributed by atoms with Gasteiger partial charge in [0, 0.05) is 24.8 Å². The Bertz CT molecular complexity index is 315. The highest BCUT2D eigenvalue weighted by molar-refractivity contribution is 5.34. The molecule has 3 heteroatoms. The molecule has 0 saturated carbocycles. The number of hydrogen-bond acceptors (Lipinski definition) is 3. The molecule has 0 saturated heterocycles. The van der Waals surface area contributed by atoms with Crippen molar-refractivity contribution in [3.63, 3.8) is 0 Å². The van der Waals surface area contributed by atoms with Gasteiger partial charge >= 0.3 is 0 Å². The Balaban J connectivity index is 2.71. The van der Waals surface area contributed by atoms with Crippen LogP contribution in [0.2, 0.25) is 0 Å². The quantitative estimate of drug-likeness (QED) is 0.778. The highest BCUT2D eigenvalue weighted by Gasteiger charge is 2.14. The summed E-state index contributed by atoms with van der Waals surface area (Å²) in [7, 11) is 1.69. The zero-order valence-electron chi connectivity index (χ0n) is 10.2. The summed E-state index contributed by atoms with van der Waals surface area (Å²) < 4.78 is 5.09. The maximum absolute atomic E-state index is 9.78. The predicted octanol–water partition coefficient (Wildman–Crippen LogP) is 2.47. The van der Waals surface area contributed by atoms with E-state index in [0.29, 0.717) is 12.4 Å². The molecule has 0 aliphatic heterocycles. The van der Waals surface area contributed by atoms with Gasteiger partial charge in [-0.25, -0.2) is 0 Å². The number of methoxy groups -OCH3 is 1. The minimum absolute atomic E-state index is 0.173. The van der Waals surface area contributed by atoms with Crippen LogP contribution in [0.4, 0.5) is 0 Å². The number of phenols is 1. The third-order valence-electron chi connectivity index (χ3n) is 2.62. The monoisotopic (exact) mass is 223 g/mol. The van der Waals surface area contributed by atoms with Gasteiger partial charge in [-0.15, -0.1) is 0 Å². The van der Waals surface area contributed by atoms with Gasteiger partial charge in [-0.05, 0) is 19.4 Å². The van der Waals surface area contributed by atoms with Crippen molar-refractivity contribution in [2.45, 2.75) is 32.4 Å². The summed E-state index contributed by atoms with van der Waals surface area (Å²) in [6.07, 6.45) is 0.936. The molecule has 16 heavy (non-hydrogen) atoms. The molecule has 1 rings (SSSR count). The van der Waals surface area contributed by atoms with E-state index in [0.717, 1.165) is 12.0 Å². The molecule has 3 nitrogen and oxygen atoms in total. The highest BCUT2D eigenvalue weighted by atomic mass is 16.5. The standard InChI is InChI=1S/C13H21NO2/c1-4-12(14-10(2)9-16-3)11-7-5-6-8-13(11)15/h5-8,10,12,14-15H,4,9H2,1-3H3. The minimum Gasteiger partial charge on any atom is -0.508 e. The van der Waals surface area contributed by atoms with Gasteiger partial charge in [-0.2, -0.15) is 0 Å². The second kappa shape index (κ2) is 6.51. The maximum Gasteiger partial charge on any atom is 0.120 e. The zero-order chi connectivity index (χ0) is 12.0. The molecule has 0 aliphatic carbocycles. The van der Waals surface area contributed by atoms with Crippen molar-refractivity contribution < 1.29 is 9.84 Å². The third-order valence-corrected chi connectivity index (χ3v) is 2.62. The fourth-order valence-electron chi connectivity index (χ4n) is 1.85. The minimum atomic E-state index is 0.173. The third kappa shape index (κ3) is 3.51. The summed E-state index contributed by atoms with van der Waals surface area (Å²) in [4.78, 5) is 0. The van der Waals surface area contributed by atoms with Crippen molar-refractivity contribution in [2.24, 2.45) is 0 Å². The lowest BCUT2D eigenvalue weighted by atomic mass is 10.0. The van der Waals surface area contributed by atoms with Gasteiger partial charge in [0.15, 0.2) is 0 Å². The fourth-order valence-corrected chi connectivity index (χ4v) is 1.85. The summed E-state index contributed by atoms with van der Waals surface area (Å²) in [6.45, 7) is 4.85. The van der Waals surface area contributed by atoms with Crippen LogP contribution in [-0.4, -0.2) is 24.9 Å². The molecule has 0 amide bonds. The highest BCUT2D eigenvalue weighted by Crippen LogP contribution is 2.26. The number of para-hydroxylation sites is 1. The van der Waals surface area contributed by atoms with E-state index >= 15 is 0 Å². The molecule has 0 bridgehead atoms. The number of phenolic OH excluding ortho intramolecular Hbond substituents is 1. The molecule has 1 aromatic rings. The predicted molar refractivity (Wildman–Crippen MR) is 65.6 cm³/mol. The lowest BCUT2D eigenvalue weighted by molar-refractivity contribution is 0.166. The van der Waals surface area contributed by atoms with Gasteiger partial charge in [-0.3, -0.25) is 0 Å². The topological polar surface area (TPSA) is 41.5 Å². The summed E-state index contributed by atoms with van der Waals surface area (Å²) >= 11 is 0. The van der Waals surface area contributed by atoms with Gasteiger partial charge in [0.2, 0.25) is 0 Å². The van der Waals surface area contributed by atoms with Crippen LogP contribution in [0.25, 0.3) is 0 Å². The molecule has 2 N–H and O–H groups in total. The lowest BCUT2D eigenvalue weighted by Gasteiger charge is -2.22. The second-order valence-electron chi connectivity index (χ2n) is 4.04. The number of rotatable bonds is 6. The first kappa shape index (κ1) is 13.0. The van der Waals surface area contributed by atoms with Crippen LogP contribution < -0.4 is 5.32 Å². The van der Waals surface area contributed by atoms with Gasteiger partial charge < -0.3 is 15.2 Å². The summed E-state index contributed by atoms with van der Waals surface area (Å²) in [5.41, 5.74) is 0.952. The molecule has 2 atom stereocenters. The summed E-state index contributed by atoms with van der Waals surface area (Å²) in [5.74, 6) is 0.353. The molecule has 0 spiro atoms. The molecule has 2 unspecified atom stereocenters. The Hall–Kier alpha value is -1.06. The fraction of sp³-hybridized carbons (Fsp3) is 0.538. The van der Waals surface area contributed by atoms with Gasteiger partial charge in [0.25, 0.3) is 0 Å². The van der Waals surface area contributed by atoms with Crippen molar-refractivity contribution >= 4 is 0 Å². The molecule has 0 aromatic heterocycles. The average Bonchev–Trinajstić information content (AvgIpc) is 2.27. The van der Waals surface area contributed by atoms with Crippen LogP contribution in [0.5, 0.6) is 5.75 Å². The Morgan fingerprint density at radius 1 is 1.38 bits per heavy atom. The number of aromatic hydroxyl groups is 1. The number of nitrogens with one attached hydrogen (secondary N) is 1.